The molecule has 1 atom stereocenters. The average molecular weight is 266 g/mol. The van der Waals surface area contributed by atoms with Crippen molar-refractivity contribution in [1.82, 2.24) is 4.90 Å². The van der Waals surface area contributed by atoms with Crippen LogP contribution in [0.1, 0.15) is 24.0 Å². The van der Waals surface area contributed by atoms with Crippen LogP contribution in [0.4, 0.5) is 4.39 Å². The van der Waals surface area contributed by atoms with E-state index in [1.165, 1.54) is 13.2 Å². The van der Waals surface area contributed by atoms with Gasteiger partial charge in [0.05, 0.1) is 7.11 Å². The van der Waals surface area contributed by atoms with Gasteiger partial charge < -0.3 is 10.5 Å². The van der Waals surface area contributed by atoms with E-state index < -0.39 is 0 Å². The van der Waals surface area contributed by atoms with Crippen molar-refractivity contribution >= 4 is 5.97 Å². The molecule has 19 heavy (non-hydrogen) atoms. The summed E-state index contributed by atoms with van der Waals surface area (Å²) in [6, 6.07) is 4.77. The molecule has 4 nitrogen and oxygen atoms in total. The third-order valence-electron chi connectivity index (χ3n) is 3.56. The van der Waals surface area contributed by atoms with Crippen LogP contribution in [0.25, 0.3) is 0 Å². The van der Waals surface area contributed by atoms with Crippen LogP contribution in [0.3, 0.4) is 0 Å². The molecular weight excluding hydrogens is 247 g/mol. The Morgan fingerprint density at radius 2 is 2.37 bits per heavy atom. The number of hydrogen-bond donors (Lipinski definition) is 1. The second-order valence-electron chi connectivity index (χ2n) is 4.78. The molecule has 1 aromatic rings. The van der Waals surface area contributed by atoms with Gasteiger partial charge in [-0.25, -0.2) is 4.39 Å². The van der Waals surface area contributed by atoms with E-state index in [0.29, 0.717) is 18.7 Å². The molecule has 0 radical (unpaired) electrons. The first kappa shape index (κ1) is 14.0. The van der Waals surface area contributed by atoms with E-state index in [0.717, 1.165) is 24.9 Å². The standard InChI is InChI=1S/C14H19FN2O2/c1-19-14(18)13-3-2-6-17(13)9-11-5-4-10(8-16)7-12(11)15/h4-5,7,13H,2-3,6,8-9,16H2,1H3. The van der Waals surface area contributed by atoms with Gasteiger partial charge >= 0.3 is 5.97 Å². The Hall–Kier alpha value is -1.46. The maximum Gasteiger partial charge on any atom is 0.323 e. The lowest BCUT2D eigenvalue weighted by atomic mass is 10.1. The van der Waals surface area contributed by atoms with Gasteiger partial charge in [0.2, 0.25) is 0 Å². The van der Waals surface area contributed by atoms with Crippen LogP contribution < -0.4 is 5.73 Å². The number of likely N-dealkylation sites (tertiary alicyclic amines) is 1. The molecule has 2 rings (SSSR count). The molecule has 1 aliphatic rings. The van der Waals surface area contributed by atoms with Crippen molar-refractivity contribution in [2.75, 3.05) is 13.7 Å². The topological polar surface area (TPSA) is 55.6 Å². The Morgan fingerprint density at radius 1 is 1.58 bits per heavy atom. The molecule has 104 valence electrons. The van der Waals surface area contributed by atoms with E-state index in [4.69, 9.17) is 10.5 Å². The Bertz CT molecular complexity index is 465. The SMILES string of the molecule is COC(=O)C1CCCN1Cc1ccc(CN)cc1F. The van der Waals surface area contributed by atoms with Gasteiger partial charge in [-0.1, -0.05) is 12.1 Å². The van der Waals surface area contributed by atoms with Crippen molar-refractivity contribution in [2.45, 2.75) is 32.0 Å². The first-order valence-corrected chi connectivity index (χ1v) is 6.45. The zero-order valence-electron chi connectivity index (χ0n) is 11.1. The number of halogens is 1. The summed E-state index contributed by atoms with van der Waals surface area (Å²) in [7, 11) is 1.38. The van der Waals surface area contributed by atoms with Gasteiger partial charge in [-0.05, 0) is 31.0 Å². The summed E-state index contributed by atoms with van der Waals surface area (Å²) in [5.41, 5.74) is 6.84. The molecule has 0 bridgehead atoms. The fourth-order valence-corrected chi connectivity index (χ4v) is 2.48. The second kappa shape index (κ2) is 6.12. The highest BCUT2D eigenvalue weighted by atomic mass is 19.1. The molecule has 0 amide bonds. The third-order valence-corrected chi connectivity index (χ3v) is 3.56. The first-order valence-electron chi connectivity index (χ1n) is 6.45. The third kappa shape index (κ3) is 3.11. The van der Waals surface area contributed by atoms with Crippen LogP contribution in [0.2, 0.25) is 0 Å². The molecule has 1 unspecified atom stereocenters. The summed E-state index contributed by atoms with van der Waals surface area (Å²) in [6.45, 7) is 1.54. The Kier molecular flexibility index (Phi) is 4.50. The minimum atomic E-state index is -0.265. The van der Waals surface area contributed by atoms with E-state index in [-0.39, 0.29) is 17.8 Å². The van der Waals surface area contributed by atoms with Crippen molar-refractivity contribution in [3.63, 3.8) is 0 Å². The zero-order chi connectivity index (χ0) is 13.8. The fourth-order valence-electron chi connectivity index (χ4n) is 2.48. The highest BCUT2D eigenvalue weighted by Crippen LogP contribution is 2.22. The van der Waals surface area contributed by atoms with E-state index in [1.807, 2.05) is 11.0 Å². The number of nitrogens with zero attached hydrogens (tertiary/aromatic N) is 1. The van der Waals surface area contributed by atoms with Crippen molar-refractivity contribution in [2.24, 2.45) is 5.73 Å². The van der Waals surface area contributed by atoms with E-state index in [9.17, 15) is 9.18 Å². The minimum absolute atomic E-state index is 0.239. The predicted octanol–water partition coefficient (Wildman–Crippen LogP) is 1.42. The molecule has 0 saturated carbocycles. The number of benzene rings is 1. The highest BCUT2D eigenvalue weighted by Gasteiger charge is 2.31. The van der Waals surface area contributed by atoms with E-state index in [2.05, 4.69) is 0 Å². The fraction of sp³-hybridized carbons (Fsp3) is 0.500. The molecule has 1 heterocycles. The van der Waals surface area contributed by atoms with Crippen molar-refractivity contribution in [3.8, 4) is 0 Å². The van der Waals surface area contributed by atoms with Gasteiger partial charge in [0.1, 0.15) is 11.9 Å². The normalized spacial score (nSPS) is 19.6. The predicted molar refractivity (Wildman–Crippen MR) is 69.7 cm³/mol. The summed E-state index contributed by atoms with van der Waals surface area (Å²) < 4.78 is 18.7. The first-order chi connectivity index (χ1) is 9.15. The number of hydrogen-bond acceptors (Lipinski definition) is 4. The lowest BCUT2D eigenvalue weighted by Crippen LogP contribution is -2.36. The van der Waals surface area contributed by atoms with Gasteiger partial charge in [-0.2, -0.15) is 0 Å². The molecule has 1 saturated heterocycles. The molecule has 5 heteroatoms. The summed E-state index contributed by atoms with van der Waals surface area (Å²) in [5.74, 6) is -0.505. The largest absolute Gasteiger partial charge is 0.468 e. The van der Waals surface area contributed by atoms with E-state index >= 15 is 0 Å². The van der Waals surface area contributed by atoms with Crippen LogP contribution in [-0.4, -0.2) is 30.6 Å². The molecule has 1 fully saturated rings. The van der Waals surface area contributed by atoms with Gasteiger partial charge in [0.15, 0.2) is 0 Å². The number of esters is 1. The molecule has 1 aliphatic heterocycles. The quantitative estimate of drug-likeness (QED) is 0.837. The lowest BCUT2D eigenvalue weighted by molar-refractivity contribution is -0.146. The molecule has 0 aliphatic carbocycles. The highest BCUT2D eigenvalue weighted by molar-refractivity contribution is 5.75. The number of ether oxygens (including phenoxy) is 1. The van der Waals surface area contributed by atoms with Crippen molar-refractivity contribution in [1.29, 1.82) is 0 Å². The molecular formula is C14H19FN2O2. The molecule has 1 aromatic carbocycles. The van der Waals surface area contributed by atoms with Crippen molar-refractivity contribution < 1.29 is 13.9 Å². The summed E-state index contributed by atoms with van der Waals surface area (Å²) in [4.78, 5) is 13.6. The Labute approximate surface area is 112 Å². The number of carbonyl (C=O) groups is 1. The Morgan fingerprint density at radius 3 is 3.00 bits per heavy atom. The maximum absolute atomic E-state index is 13.9. The number of nitrogens with two attached hydrogens (primary N) is 1. The van der Waals surface area contributed by atoms with Crippen LogP contribution in [0.15, 0.2) is 18.2 Å². The van der Waals surface area contributed by atoms with Crippen LogP contribution >= 0.6 is 0 Å². The summed E-state index contributed by atoms with van der Waals surface area (Å²) in [5, 5.41) is 0. The number of rotatable bonds is 4. The van der Waals surface area contributed by atoms with Crippen LogP contribution in [-0.2, 0) is 22.6 Å². The monoisotopic (exact) mass is 266 g/mol. The molecule has 0 aromatic heterocycles. The average Bonchev–Trinajstić information content (AvgIpc) is 2.88. The van der Waals surface area contributed by atoms with Gasteiger partial charge in [0.25, 0.3) is 0 Å². The zero-order valence-corrected chi connectivity index (χ0v) is 11.1. The minimum Gasteiger partial charge on any atom is -0.468 e. The van der Waals surface area contributed by atoms with Crippen LogP contribution in [0.5, 0.6) is 0 Å². The van der Waals surface area contributed by atoms with Gasteiger partial charge in [0, 0.05) is 18.7 Å². The maximum atomic E-state index is 13.9. The number of carbonyl (C=O) groups excluding carboxylic acids is 1. The van der Waals surface area contributed by atoms with Crippen molar-refractivity contribution in [3.05, 3.63) is 35.1 Å². The molecule has 2 N–H and O–H groups in total. The summed E-state index contributed by atoms with van der Waals surface area (Å²) in [6.07, 6.45) is 1.71. The van der Waals surface area contributed by atoms with Gasteiger partial charge in [-0.15, -0.1) is 0 Å². The van der Waals surface area contributed by atoms with Crippen LogP contribution in [0, 0.1) is 5.82 Å². The molecule has 0 spiro atoms. The smallest absolute Gasteiger partial charge is 0.323 e. The second-order valence-corrected chi connectivity index (χ2v) is 4.78. The summed E-state index contributed by atoms with van der Waals surface area (Å²) >= 11 is 0. The Balaban J connectivity index is 2.10. The number of methoxy groups -OCH3 is 1. The van der Waals surface area contributed by atoms with Gasteiger partial charge in [-0.3, -0.25) is 9.69 Å². The van der Waals surface area contributed by atoms with E-state index in [1.54, 1.807) is 6.07 Å². The lowest BCUT2D eigenvalue weighted by Gasteiger charge is -2.22.